The van der Waals surface area contributed by atoms with Crippen molar-refractivity contribution in [2.24, 2.45) is 0 Å². The molecule has 1 fully saturated rings. The van der Waals surface area contributed by atoms with E-state index in [9.17, 15) is 4.79 Å². The van der Waals surface area contributed by atoms with Gasteiger partial charge in [0, 0.05) is 30.0 Å². The lowest BCUT2D eigenvalue weighted by Gasteiger charge is -2.34. The van der Waals surface area contributed by atoms with Crippen molar-refractivity contribution in [1.82, 2.24) is 20.1 Å². The molecular weight excluding hydrogens is 452 g/mol. The number of pyridine rings is 1. The largest absolute Gasteiger partial charge is 0.488 e. The number of H-pyrrole nitrogens is 1. The molecule has 7 heteroatoms. The molecule has 0 aliphatic carbocycles. The average molecular weight is 485 g/mol. The third kappa shape index (κ3) is 5.35. The molecule has 0 spiro atoms. The molecule has 3 heterocycles. The summed E-state index contributed by atoms with van der Waals surface area (Å²) in [6, 6.07) is 20.2. The van der Waals surface area contributed by atoms with E-state index in [0.29, 0.717) is 19.7 Å². The zero-order valence-electron chi connectivity index (χ0n) is 21.0. The van der Waals surface area contributed by atoms with Crippen LogP contribution in [0.2, 0.25) is 0 Å². The molecule has 1 atom stereocenters. The lowest BCUT2D eigenvalue weighted by atomic mass is 9.88. The second kappa shape index (κ2) is 10.0. The number of hydrogen-bond donors (Lipinski definition) is 1. The summed E-state index contributed by atoms with van der Waals surface area (Å²) in [6.45, 7) is 7.47. The number of carbonyl (C=O) groups excluding carboxylic acids is 1. The van der Waals surface area contributed by atoms with Crippen LogP contribution in [0.4, 0.5) is 4.79 Å². The van der Waals surface area contributed by atoms with Crippen LogP contribution in [-0.4, -0.2) is 44.9 Å². The maximum Gasteiger partial charge on any atom is 0.410 e. The van der Waals surface area contributed by atoms with Crippen molar-refractivity contribution < 1.29 is 14.3 Å². The topological polar surface area (TPSA) is 80.3 Å². The normalized spacial score (nSPS) is 16.2. The lowest BCUT2D eigenvalue weighted by Crippen LogP contribution is -2.42. The molecule has 7 nitrogen and oxygen atoms in total. The van der Waals surface area contributed by atoms with E-state index in [1.165, 1.54) is 0 Å². The number of aromatic amines is 1. The third-order valence-corrected chi connectivity index (χ3v) is 6.37. The fourth-order valence-electron chi connectivity index (χ4n) is 4.69. The van der Waals surface area contributed by atoms with E-state index in [4.69, 9.17) is 14.5 Å². The highest BCUT2D eigenvalue weighted by molar-refractivity contribution is 5.83. The Morgan fingerprint density at radius 3 is 2.69 bits per heavy atom. The van der Waals surface area contributed by atoms with Crippen LogP contribution in [0.15, 0.2) is 66.9 Å². The zero-order chi connectivity index (χ0) is 25.1. The SMILES string of the molecule is CC(C)(C)OC(=O)N1CCCC(c2cc(-c3ccccc3OCc3ccccc3)nc3[nH]ncc23)C1. The van der Waals surface area contributed by atoms with E-state index in [2.05, 4.69) is 28.4 Å². The Morgan fingerprint density at radius 2 is 1.89 bits per heavy atom. The van der Waals surface area contributed by atoms with Crippen molar-refractivity contribution in [3.05, 3.63) is 78.0 Å². The Morgan fingerprint density at radius 1 is 1.11 bits per heavy atom. The molecule has 2 aromatic heterocycles. The number of hydrogen-bond acceptors (Lipinski definition) is 5. The molecule has 4 aromatic rings. The summed E-state index contributed by atoms with van der Waals surface area (Å²) < 4.78 is 11.9. The monoisotopic (exact) mass is 484 g/mol. The number of nitrogens with zero attached hydrogens (tertiary/aromatic N) is 3. The third-order valence-electron chi connectivity index (χ3n) is 6.37. The van der Waals surface area contributed by atoms with Gasteiger partial charge in [0.05, 0.1) is 11.9 Å². The molecule has 5 rings (SSSR count). The van der Waals surface area contributed by atoms with Crippen LogP contribution in [-0.2, 0) is 11.3 Å². The Bertz CT molecular complexity index is 1340. The molecular formula is C29H32N4O3. The summed E-state index contributed by atoms with van der Waals surface area (Å²) in [6.07, 6.45) is 3.46. The number of rotatable bonds is 5. The van der Waals surface area contributed by atoms with E-state index in [1.807, 2.05) is 74.3 Å². The first-order chi connectivity index (χ1) is 17.4. The molecule has 1 saturated heterocycles. The van der Waals surface area contributed by atoms with Gasteiger partial charge in [-0.1, -0.05) is 42.5 Å². The van der Waals surface area contributed by atoms with E-state index in [0.717, 1.165) is 52.0 Å². The first kappa shape index (κ1) is 23.9. The Hall–Kier alpha value is -3.87. The minimum Gasteiger partial charge on any atom is -0.488 e. The van der Waals surface area contributed by atoms with Gasteiger partial charge in [0.25, 0.3) is 0 Å². The quantitative estimate of drug-likeness (QED) is 0.359. The number of benzene rings is 2. The highest BCUT2D eigenvalue weighted by atomic mass is 16.6. The van der Waals surface area contributed by atoms with Crippen LogP contribution >= 0.6 is 0 Å². The van der Waals surface area contributed by atoms with Crippen molar-refractivity contribution in [2.75, 3.05) is 13.1 Å². The van der Waals surface area contributed by atoms with Crippen LogP contribution < -0.4 is 4.74 Å². The molecule has 1 aliphatic heterocycles. The highest BCUT2D eigenvalue weighted by Gasteiger charge is 2.30. The van der Waals surface area contributed by atoms with Gasteiger partial charge < -0.3 is 14.4 Å². The summed E-state index contributed by atoms with van der Waals surface area (Å²) in [5.74, 6) is 0.934. The number of fused-ring (bicyclic) bond motifs is 1. The van der Waals surface area contributed by atoms with Crippen LogP contribution in [0.1, 0.15) is 50.7 Å². The summed E-state index contributed by atoms with van der Waals surface area (Å²) >= 11 is 0. The summed E-state index contributed by atoms with van der Waals surface area (Å²) in [5, 5.41) is 8.30. The Kier molecular flexibility index (Phi) is 6.63. The smallest absolute Gasteiger partial charge is 0.410 e. The number of amides is 1. The van der Waals surface area contributed by atoms with Gasteiger partial charge in [-0.3, -0.25) is 5.10 Å². The van der Waals surface area contributed by atoms with Crippen molar-refractivity contribution in [3.8, 4) is 17.0 Å². The lowest BCUT2D eigenvalue weighted by molar-refractivity contribution is 0.0198. The van der Waals surface area contributed by atoms with Crippen LogP contribution in [0, 0.1) is 0 Å². The fourth-order valence-corrected chi connectivity index (χ4v) is 4.69. The molecule has 2 aromatic carbocycles. The minimum atomic E-state index is -0.519. The molecule has 36 heavy (non-hydrogen) atoms. The van der Waals surface area contributed by atoms with Crippen LogP contribution in [0.5, 0.6) is 5.75 Å². The van der Waals surface area contributed by atoms with Gasteiger partial charge in [-0.2, -0.15) is 5.10 Å². The van der Waals surface area contributed by atoms with Crippen molar-refractivity contribution in [3.63, 3.8) is 0 Å². The van der Waals surface area contributed by atoms with Crippen molar-refractivity contribution >= 4 is 17.1 Å². The number of aromatic nitrogens is 3. The maximum absolute atomic E-state index is 12.8. The zero-order valence-corrected chi connectivity index (χ0v) is 21.0. The van der Waals surface area contributed by atoms with E-state index in [1.54, 1.807) is 0 Å². The minimum absolute atomic E-state index is 0.158. The molecule has 1 amide bonds. The van der Waals surface area contributed by atoms with Crippen molar-refractivity contribution in [2.45, 2.75) is 51.7 Å². The van der Waals surface area contributed by atoms with E-state index < -0.39 is 5.60 Å². The van der Waals surface area contributed by atoms with Gasteiger partial charge in [-0.05, 0) is 62.9 Å². The first-order valence-electron chi connectivity index (χ1n) is 12.5. The number of piperidine rings is 1. The molecule has 0 saturated carbocycles. The Labute approximate surface area is 211 Å². The predicted molar refractivity (Wildman–Crippen MR) is 140 cm³/mol. The van der Waals surface area contributed by atoms with Gasteiger partial charge >= 0.3 is 6.09 Å². The number of ether oxygens (including phenoxy) is 2. The molecule has 1 aliphatic rings. The standard InChI is InChI=1S/C29H32N4O3/c1-29(2,3)36-28(34)33-15-9-12-21(18-33)23-16-25(31-27-24(23)17-30-32-27)22-13-7-8-14-26(22)35-19-20-10-5-4-6-11-20/h4-8,10-11,13-14,16-17,21H,9,12,15,18-19H2,1-3H3,(H,30,31,32). The van der Waals surface area contributed by atoms with Gasteiger partial charge in [0.15, 0.2) is 5.65 Å². The van der Waals surface area contributed by atoms with Crippen molar-refractivity contribution in [1.29, 1.82) is 0 Å². The maximum atomic E-state index is 12.8. The Balaban J connectivity index is 1.45. The summed E-state index contributed by atoms with van der Waals surface area (Å²) in [7, 11) is 0. The summed E-state index contributed by atoms with van der Waals surface area (Å²) in [4.78, 5) is 19.5. The van der Waals surface area contributed by atoms with Gasteiger partial charge in [0.1, 0.15) is 18.0 Å². The van der Waals surface area contributed by atoms with Gasteiger partial charge in [0.2, 0.25) is 0 Å². The molecule has 0 radical (unpaired) electrons. The fraction of sp³-hybridized carbons (Fsp3) is 0.345. The number of nitrogens with one attached hydrogen (secondary N) is 1. The average Bonchev–Trinajstić information content (AvgIpc) is 3.36. The predicted octanol–water partition coefficient (Wildman–Crippen LogP) is 6.32. The number of para-hydroxylation sites is 1. The molecule has 1 unspecified atom stereocenters. The van der Waals surface area contributed by atoms with Gasteiger partial charge in [-0.15, -0.1) is 0 Å². The van der Waals surface area contributed by atoms with Crippen LogP contribution in [0.3, 0.4) is 0 Å². The van der Waals surface area contributed by atoms with Crippen LogP contribution in [0.25, 0.3) is 22.3 Å². The second-order valence-electron chi connectivity index (χ2n) is 10.3. The van der Waals surface area contributed by atoms with Gasteiger partial charge in [-0.25, -0.2) is 9.78 Å². The number of carbonyl (C=O) groups is 1. The highest BCUT2D eigenvalue weighted by Crippen LogP contribution is 2.37. The molecule has 186 valence electrons. The molecule has 0 bridgehead atoms. The van der Waals surface area contributed by atoms with E-state index >= 15 is 0 Å². The van der Waals surface area contributed by atoms with E-state index in [-0.39, 0.29) is 12.0 Å². The molecule has 1 N–H and O–H groups in total. The number of likely N-dealkylation sites (tertiary alicyclic amines) is 1. The summed E-state index contributed by atoms with van der Waals surface area (Å²) in [5.41, 5.74) is 4.19. The second-order valence-corrected chi connectivity index (χ2v) is 10.3. The first-order valence-corrected chi connectivity index (χ1v) is 12.5.